The minimum absolute atomic E-state index is 0.0515. The summed E-state index contributed by atoms with van der Waals surface area (Å²) in [4.78, 5) is 61.8. The molecule has 2 aliphatic rings. The lowest BCUT2D eigenvalue weighted by Crippen LogP contribution is -2.57. The standard InChI is InChI=1S/C38H49F3N8O5/c1-25(2)17-30-36(52)49-24-38(40,41)20-32(49)37(53)47(3)31(18-26-11-10-14-42-21-26)35(51)43-15-8-6-4-5-7-9-16-48-22-28(45-46-48)23-54-33-19-27(39)12-13-29(33)34(50)44-30/h10-14,19,21-22,25,30-32H,4-9,15-18,20,23-24H2,1-3H3,(H,43,51)(H,44,50)/t30-,31+,32-/m1/s1. The first-order chi connectivity index (χ1) is 25.8. The Hall–Kier alpha value is -5.02. The van der Waals surface area contributed by atoms with E-state index in [-0.39, 0.29) is 36.7 Å². The fourth-order valence-electron chi connectivity index (χ4n) is 6.84. The van der Waals surface area contributed by atoms with Crippen molar-refractivity contribution in [2.45, 2.75) is 109 Å². The number of fused-ring (bicyclic) bond motifs is 4. The van der Waals surface area contributed by atoms with Gasteiger partial charge < -0.3 is 25.2 Å². The molecule has 0 radical (unpaired) electrons. The van der Waals surface area contributed by atoms with Crippen molar-refractivity contribution < 1.29 is 37.1 Å². The number of hydrogen-bond acceptors (Lipinski definition) is 8. The molecule has 0 unspecified atom stereocenters. The Morgan fingerprint density at radius 1 is 1.02 bits per heavy atom. The van der Waals surface area contributed by atoms with Crippen LogP contribution in [0.1, 0.15) is 86.8 Å². The SMILES string of the molecule is CC(C)C[C@H]1NC(=O)c2ccc(F)cc2OCc2cn(nn2)CCCCCCCCNC(=O)[C@H](Cc2cccnc2)N(C)C(=O)[C@H]2CC(F)(F)CN2C1=O. The largest absolute Gasteiger partial charge is 0.486 e. The summed E-state index contributed by atoms with van der Waals surface area (Å²) in [6.07, 6.45) is 9.36. The van der Waals surface area contributed by atoms with Gasteiger partial charge in [-0.3, -0.25) is 28.8 Å². The zero-order chi connectivity index (χ0) is 38.8. The summed E-state index contributed by atoms with van der Waals surface area (Å²) in [5.74, 6) is -7.32. The lowest BCUT2D eigenvalue weighted by atomic mass is 10.0. The molecule has 13 nitrogen and oxygen atoms in total. The molecule has 0 spiro atoms. The number of benzene rings is 1. The van der Waals surface area contributed by atoms with Crippen LogP contribution in [-0.2, 0) is 34.0 Å². The molecular formula is C38H49F3N8O5. The predicted octanol–water partition coefficient (Wildman–Crippen LogP) is 4.31. The van der Waals surface area contributed by atoms with Crippen LogP contribution < -0.4 is 15.4 Å². The third-order valence-corrected chi connectivity index (χ3v) is 9.68. The number of rotatable bonds is 4. The lowest BCUT2D eigenvalue weighted by molar-refractivity contribution is -0.147. The summed E-state index contributed by atoms with van der Waals surface area (Å²) in [5.41, 5.74) is 1.03. The predicted molar refractivity (Wildman–Crippen MR) is 192 cm³/mol. The van der Waals surface area contributed by atoms with E-state index in [1.54, 1.807) is 49.3 Å². The zero-order valence-corrected chi connectivity index (χ0v) is 31.0. The number of aryl methyl sites for hydroxylation is 1. The number of ether oxygens (including phenoxy) is 1. The van der Waals surface area contributed by atoms with E-state index in [1.807, 2.05) is 0 Å². The van der Waals surface area contributed by atoms with Crippen molar-refractivity contribution in [1.29, 1.82) is 0 Å². The van der Waals surface area contributed by atoms with Crippen molar-refractivity contribution in [3.63, 3.8) is 0 Å². The van der Waals surface area contributed by atoms with Crippen LogP contribution in [0.5, 0.6) is 5.75 Å². The molecule has 2 N–H and O–H groups in total. The summed E-state index contributed by atoms with van der Waals surface area (Å²) in [6, 6.07) is 2.77. The minimum atomic E-state index is -3.41. The number of likely N-dealkylation sites (N-methyl/N-ethyl adjacent to an activating group) is 1. The van der Waals surface area contributed by atoms with Gasteiger partial charge in [0, 0.05) is 51.4 Å². The van der Waals surface area contributed by atoms with Gasteiger partial charge in [-0.15, -0.1) is 5.10 Å². The molecule has 4 amide bonds. The van der Waals surface area contributed by atoms with Crippen molar-refractivity contribution >= 4 is 23.6 Å². The molecule has 16 heteroatoms. The van der Waals surface area contributed by atoms with E-state index >= 15 is 8.78 Å². The molecule has 1 fully saturated rings. The summed E-state index contributed by atoms with van der Waals surface area (Å²) in [5, 5.41) is 13.8. The number of amides is 4. The summed E-state index contributed by atoms with van der Waals surface area (Å²) in [7, 11) is 1.37. The number of hydrogen-bond donors (Lipinski definition) is 2. The van der Waals surface area contributed by atoms with Crippen LogP contribution in [0.3, 0.4) is 0 Å². The molecule has 292 valence electrons. The first kappa shape index (κ1) is 40.2. The van der Waals surface area contributed by atoms with Crippen LogP contribution in [0.15, 0.2) is 48.9 Å². The highest BCUT2D eigenvalue weighted by molar-refractivity contribution is 6.00. The second kappa shape index (κ2) is 18.3. The fourth-order valence-corrected chi connectivity index (χ4v) is 6.84. The van der Waals surface area contributed by atoms with Gasteiger partial charge >= 0.3 is 0 Å². The number of nitrogens with zero attached hydrogens (tertiary/aromatic N) is 6. The molecule has 2 bridgehead atoms. The van der Waals surface area contributed by atoms with E-state index in [4.69, 9.17) is 4.74 Å². The number of carbonyl (C=O) groups is 4. The summed E-state index contributed by atoms with van der Waals surface area (Å²) >= 11 is 0. The normalized spacial score (nSPS) is 22.6. The van der Waals surface area contributed by atoms with Gasteiger partial charge in [-0.2, -0.15) is 0 Å². The third-order valence-electron chi connectivity index (χ3n) is 9.68. The van der Waals surface area contributed by atoms with Gasteiger partial charge in [0.05, 0.1) is 18.3 Å². The number of alkyl halides is 2. The molecule has 5 rings (SSSR count). The monoisotopic (exact) mass is 754 g/mol. The Kier molecular flexibility index (Phi) is 13.6. The van der Waals surface area contributed by atoms with E-state index in [1.165, 1.54) is 13.1 Å². The second-order valence-electron chi connectivity index (χ2n) is 14.5. The Bertz CT molecular complexity index is 1760. The van der Waals surface area contributed by atoms with Crippen LogP contribution >= 0.6 is 0 Å². The van der Waals surface area contributed by atoms with Gasteiger partial charge in [0.2, 0.25) is 17.7 Å². The molecule has 2 aromatic heterocycles. The molecule has 3 aromatic rings. The first-order valence-corrected chi connectivity index (χ1v) is 18.5. The Morgan fingerprint density at radius 3 is 2.52 bits per heavy atom. The molecule has 1 saturated heterocycles. The van der Waals surface area contributed by atoms with Crippen molar-refractivity contribution in [2.24, 2.45) is 5.92 Å². The van der Waals surface area contributed by atoms with Crippen molar-refractivity contribution in [3.8, 4) is 5.75 Å². The first-order valence-electron chi connectivity index (χ1n) is 18.5. The number of pyridine rings is 1. The smallest absolute Gasteiger partial charge is 0.267 e. The van der Waals surface area contributed by atoms with Crippen LogP contribution in [-0.4, -0.2) is 97.6 Å². The molecule has 0 saturated carbocycles. The number of carbonyl (C=O) groups excluding carboxylic acids is 4. The molecule has 1 aromatic carbocycles. The van der Waals surface area contributed by atoms with E-state index in [0.717, 1.165) is 54.0 Å². The average molecular weight is 755 g/mol. The van der Waals surface area contributed by atoms with Gasteiger partial charge in [-0.1, -0.05) is 50.8 Å². The fraction of sp³-hybridized carbons (Fsp3) is 0.553. The van der Waals surface area contributed by atoms with Crippen molar-refractivity contribution in [3.05, 3.63) is 71.6 Å². The highest BCUT2D eigenvalue weighted by Crippen LogP contribution is 2.34. The van der Waals surface area contributed by atoms with Crippen LogP contribution in [0, 0.1) is 11.7 Å². The van der Waals surface area contributed by atoms with E-state index in [9.17, 15) is 23.6 Å². The molecule has 54 heavy (non-hydrogen) atoms. The maximum absolute atomic E-state index is 15.2. The van der Waals surface area contributed by atoms with Crippen LogP contribution in [0.4, 0.5) is 13.2 Å². The third kappa shape index (κ3) is 10.8. The van der Waals surface area contributed by atoms with E-state index in [2.05, 4.69) is 25.9 Å². The minimum Gasteiger partial charge on any atom is -0.486 e. The Labute approximate surface area is 313 Å². The average Bonchev–Trinajstić information content (AvgIpc) is 3.73. The second-order valence-corrected chi connectivity index (χ2v) is 14.5. The van der Waals surface area contributed by atoms with Crippen LogP contribution in [0.2, 0.25) is 0 Å². The van der Waals surface area contributed by atoms with Gasteiger partial charge in [0.25, 0.3) is 11.8 Å². The highest BCUT2D eigenvalue weighted by atomic mass is 19.3. The molecule has 4 heterocycles. The topological polar surface area (TPSA) is 152 Å². The van der Waals surface area contributed by atoms with E-state index in [0.29, 0.717) is 30.8 Å². The quantitative estimate of drug-likeness (QED) is 0.400. The maximum Gasteiger partial charge on any atom is 0.267 e. The number of nitrogens with one attached hydrogen (secondary N) is 2. The Balaban J connectivity index is 1.45. The number of aromatic nitrogens is 4. The number of halogens is 3. The van der Waals surface area contributed by atoms with Gasteiger partial charge in [-0.25, -0.2) is 13.2 Å². The van der Waals surface area contributed by atoms with E-state index < -0.39 is 66.5 Å². The van der Waals surface area contributed by atoms with Crippen molar-refractivity contribution in [2.75, 3.05) is 20.1 Å². The molecule has 2 aliphatic heterocycles. The van der Waals surface area contributed by atoms with Crippen molar-refractivity contribution in [1.82, 2.24) is 40.4 Å². The molecule has 0 aliphatic carbocycles. The zero-order valence-electron chi connectivity index (χ0n) is 31.0. The van der Waals surface area contributed by atoms with Gasteiger partial charge in [-0.05, 0) is 48.9 Å². The van der Waals surface area contributed by atoms with Gasteiger partial charge in [0.15, 0.2) is 0 Å². The molecule has 3 atom stereocenters. The van der Waals surface area contributed by atoms with Crippen LogP contribution in [0.25, 0.3) is 0 Å². The van der Waals surface area contributed by atoms with Gasteiger partial charge in [0.1, 0.15) is 42.0 Å². The highest BCUT2D eigenvalue weighted by Gasteiger charge is 2.52. The summed E-state index contributed by atoms with van der Waals surface area (Å²) < 4.78 is 52.3. The Morgan fingerprint density at radius 2 is 1.78 bits per heavy atom. The molecular weight excluding hydrogens is 705 g/mol. The summed E-state index contributed by atoms with van der Waals surface area (Å²) in [6.45, 7) is 3.43. The maximum atomic E-state index is 15.2. The lowest BCUT2D eigenvalue weighted by Gasteiger charge is -2.34.